The fourth-order valence-corrected chi connectivity index (χ4v) is 3.68. The molecule has 0 unspecified atom stereocenters. The van der Waals surface area contributed by atoms with Crippen LogP contribution in [-0.2, 0) is 11.2 Å². The average Bonchev–Trinajstić information content (AvgIpc) is 3.17. The minimum absolute atomic E-state index is 0.181. The molecule has 3 heteroatoms. The van der Waals surface area contributed by atoms with Crippen molar-refractivity contribution < 1.29 is 4.79 Å². The van der Waals surface area contributed by atoms with E-state index in [1.165, 1.54) is 49.5 Å². The molecule has 164 valence electrons. The van der Waals surface area contributed by atoms with E-state index in [2.05, 4.69) is 65.9 Å². The molecule has 0 aliphatic carbocycles. The summed E-state index contributed by atoms with van der Waals surface area (Å²) in [5, 5.41) is 4.32. The first kappa shape index (κ1) is 24.0. The summed E-state index contributed by atoms with van der Waals surface area (Å²) < 4.78 is 0. The molecule has 1 amide bonds. The van der Waals surface area contributed by atoms with Crippen LogP contribution in [0.15, 0.2) is 54.8 Å². The number of amides is 1. The van der Waals surface area contributed by atoms with E-state index in [0.29, 0.717) is 13.0 Å². The van der Waals surface area contributed by atoms with Crippen LogP contribution >= 0.6 is 0 Å². The van der Waals surface area contributed by atoms with Gasteiger partial charge >= 0.3 is 0 Å². The highest BCUT2D eigenvalue weighted by atomic mass is 16.1. The van der Waals surface area contributed by atoms with Gasteiger partial charge in [-0.25, -0.2) is 0 Å². The van der Waals surface area contributed by atoms with Crippen molar-refractivity contribution in [1.82, 2.24) is 10.3 Å². The lowest BCUT2D eigenvalue weighted by Crippen LogP contribution is -2.25. The van der Waals surface area contributed by atoms with Crippen LogP contribution in [0.1, 0.15) is 83.1 Å². The van der Waals surface area contributed by atoms with Crippen molar-refractivity contribution in [2.45, 2.75) is 84.0 Å². The number of rotatable bonds is 16. The van der Waals surface area contributed by atoms with Crippen molar-refractivity contribution in [3.63, 3.8) is 0 Å². The Morgan fingerprint density at radius 1 is 0.933 bits per heavy atom. The molecule has 0 bridgehead atoms. The second kappa shape index (κ2) is 15.5. The van der Waals surface area contributed by atoms with Gasteiger partial charge in [-0.1, -0.05) is 75.1 Å². The number of nitrogens with one attached hydrogen (secondary N) is 2. The zero-order valence-corrected chi connectivity index (χ0v) is 18.8. The van der Waals surface area contributed by atoms with Gasteiger partial charge in [0.2, 0.25) is 5.91 Å². The molecule has 2 N–H and O–H groups in total. The number of carbonyl (C=O) groups excluding carboxylic acids is 1. The largest absolute Gasteiger partial charge is 0.361 e. The Bertz CT molecular complexity index is 772. The molecule has 2 rings (SSSR count). The van der Waals surface area contributed by atoms with Gasteiger partial charge in [-0.15, -0.1) is 0 Å². The molecule has 3 nitrogen and oxygen atoms in total. The normalized spacial score (nSPS) is 11.8. The molecule has 30 heavy (non-hydrogen) atoms. The SMILES string of the molecule is CCCCC/C=C/C/C=C/CCCCCCC(=O)NCCc1c[nH]c2ccccc12. The first-order valence-electron chi connectivity index (χ1n) is 11.9. The number of para-hydroxylation sites is 1. The number of fused-ring (bicyclic) bond motifs is 1. The third-order valence-electron chi connectivity index (χ3n) is 5.50. The fraction of sp³-hybridized carbons (Fsp3) is 0.519. The van der Waals surface area contributed by atoms with Crippen LogP contribution in [0.25, 0.3) is 10.9 Å². The average molecular weight is 409 g/mol. The van der Waals surface area contributed by atoms with Gasteiger partial charge in [0.1, 0.15) is 0 Å². The first-order valence-corrected chi connectivity index (χ1v) is 11.9. The third kappa shape index (κ3) is 9.96. The second-order valence-corrected chi connectivity index (χ2v) is 8.09. The Morgan fingerprint density at radius 3 is 2.47 bits per heavy atom. The summed E-state index contributed by atoms with van der Waals surface area (Å²) >= 11 is 0. The molecule has 0 aliphatic rings. The van der Waals surface area contributed by atoms with E-state index in [0.717, 1.165) is 37.6 Å². The van der Waals surface area contributed by atoms with Gasteiger partial charge in [-0.3, -0.25) is 4.79 Å². The number of aromatic nitrogens is 1. The Hall–Kier alpha value is -2.29. The maximum Gasteiger partial charge on any atom is 0.220 e. The van der Waals surface area contributed by atoms with E-state index in [-0.39, 0.29) is 5.91 Å². The monoisotopic (exact) mass is 408 g/mol. The van der Waals surface area contributed by atoms with Crippen molar-refractivity contribution in [1.29, 1.82) is 0 Å². The zero-order chi connectivity index (χ0) is 21.3. The van der Waals surface area contributed by atoms with Crippen LogP contribution in [0.5, 0.6) is 0 Å². The number of allylic oxidation sites excluding steroid dienone is 4. The van der Waals surface area contributed by atoms with Gasteiger partial charge in [0.05, 0.1) is 0 Å². The number of hydrogen-bond donors (Lipinski definition) is 2. The number of H-pyrrole nitrogens is 1. The minimum atomic E-state index is 0.181. The molecule has 1 heterocycles. The van der Waals surface area contributed by atoms with E-state index in [4.69, 9.17) is 0 Å². The maximum atomic E-state index is 12.0. The molecule has 0 saturated carbocycles. The highest BCUT2D eigenvalue weighted by Crippen LogP contribution is 2.17. The van der Waals surface area contributed by atoms with Crippen molar-refractivity contribution in [2.75, 3.05) is 6.54 Å². The number of carbonyl (C=O) groups is 1. The number of aromatic amines is 1. The summed E-state index contributed by atoms with van der Waals surface area (Å²) in [6.45, 7) is 2.95. The second-order valence-electron chi connectivity index (χ2n) is 8.09. The molecule has 2 aromatic rings. The van der Waals surface area contributed by atoms with E-state index in [1.807, 2.05) is 6.07 Å². The highest BCUT2D eigenvalue weighted by molar-refractivity contribution is 5.83. The van der Waals surface area contributed by atoms with Crippen LogP contribution in [0.4, 0.5) is 0 Å². The fourth-order valence-electron chi connectivity index (χ4n) is 3.68. The van der Waals surface area contributed by atoms with Crippen molar-refractivity contribution in [3.05, 3.63) is 60.3 Å². The Labute approximate surface area is 183 Å². The summed E-state index contributed by atoms with van der Waals surface area (Å²) in [4.78, 5) is 15.3. The molecule has 0 radical (unpaired) electrons. The number of unbranched alkanes of at least 4 members (excludes halogenated alkanes) is 7. The minimum Gasteiger partial charge on any atom is -0.361 e. The van der Waals surface area contributed by atoms with E-state index < -0.39 is 0 Å². The van der Waals surface area contributed by atoms with E-state index in [9.17, 15) is 4.79 Å². The molecule has 0 fully saturated rings. The van der Waals surface area contributed by atoms with Gasteiger partial charge in [0.25, 0.3) is 0 Å². The molecule has 0 saturated heterocycles. The highest BCUT2D eigenvalue weighted by Gasteiger charge is 2.04. The Balaban J connectivity index is 1.42. The van der Waals surface area contributed by atoms with Crippen LogP contribution in [0.3, 0.4) is 0 Å². The molecule has 0 spiro atoms. The number of hydrogen-bond acceptors (Lipinski definition) is 1. The van der Waals surface area contributed by atoms with Crippen molar-refractivity contribution in [2.24, 2.45) is 0 Å². The van der Waals surface area contributed by atoms with Crippen LogP contribution in [0.2, 0.25) is 0 Å². The maximum absolute atomic E-state index is 12.0. The van der Waals surface area contributed by atoms with Gasteiger partial charge < -0.3 is 10.3 Å². The summed E-state index contributed by atoms with van der Waals surface area (Å²) in [7, 11) is 0. The lowest BCUT2D eigenvalue weighted by molar-refractivity contribution is -0.121. The Morgan fingerprint density at radius 2 is 1.67 bits per heavy atom. The van der Waals surface area contributed by atoms with Gasteiger partial charge in [-0.05, 0) is 56.6 Å². The molecular formula is C27H40N2O. The van der Waals surface area contributed by atoms with E-state index >= 15 is 0 Å². The third-order valence-corrected chi connectivity index (χ3v) is 5.50. The topological polar surface area (TPSA) is 44.9 Å². The van der Waals surface area contributed by atoms with Gasteiger partial charge in [-0.2, -0.15) is 0 Å². The molecular weight excluding hydrogens is 368 g/mol. The van der Waals surface area contributed by atoms with Crippen LogP contribution in [0, 0.1) is 0 Å². The smallest absolute Gasteiger partial charge is 0.220 e. The zero-order valence-electron chi connectivity index (χ0n) is 18.8. The predicted octanol–water partition coefficient (Wildman–Crippen LogP) is 7.25. The summed E-state index contributed by atoms with van der Waals surface area (Å²) in [6.07, 6.45) is 24.7. The first-order chi connectivity index (χ1) is 14.8. The lowest BCUT2D eigenvalue weighted by Gasteiger charge is -2.05. The van der Waals surface area contributed by atoms with Gasteiger partial charge in [0.15, 0.2) is 0 Å². The van der Waals surface area contributed by atoms with Crippen LogP contribution in [-0.4, -0.2) is 17.4 Å². The molecule has 1 aromatic heterocycles. The van der Waals surface area contributed by atoms with Crippen LogP contribution < -0.4 is 5.32 Å². The predicted molar refractivity (Wildman–Crippen MR) is 130 cm³/mol. The van der Waals surface area contributed by atoms with E-state index in [1.54, 1.807) is 0 Å². The summed E-state index contributed by atoms with van der Waals surface area (Å²) in [5.74, 6) is 0.181. The van der Waals surface area contributed by atoms with Crippen molar-refractivity contribution in [3.8, 4) is 0 Å². The Kier molecular flexibility index (Phi) is 12.4. The summed E-state index contributed by atoms with van der Waals surface area (Å²) in [6, 6.07) is 8.30. The summed E-state index contributed by atoms with van der Waals surface area (Å²) in [5.41, 5.74) is 2.43. The lowest BCUT2D eigenvalue weighted by atomic mass is 10.1. The molecule has 0 atom stereocenters. The van der Waals surface area contributed by atoms with Crippen molar-refractivity contribution >= 4 is 16.8 Å². The van der Waals surface area contributed by atoms with Gasteiger partial charge in [0, 0.05) is 30.1 Å². The molecule has 0 aliphatic heterocycles. The standard InChI is InChI=1S/C27H40N2O/c1-2-3-4-5-6-7-8-9-10-11-12-13-14-15-20-27(30)28-22-21-24-23-29-26-19-17-16-18-25(24)26/h6-7,9-10,16-19,23,29H,2-5,8,11-15,20-22H2,1H3,(H,28,30)/b7-6+,10-9+. The quantitative estimate of drug-likeness (QED) is 0.223. The number of benzene rings is 1. The molecule has 1 aromatic carbocycles.